The largest absolute Gasteiger partial charge is 0.452 e. The van der Waals surface area contributed by atoms with Crippen LogP contribution in [-0.2, 0) is 14.3 Å². The average Bonchev–Trinajstić information content (AvgIpc) is 2.94. The Hall–Kier alpha value is -3.16. The van der Waals surface area contributed by atoms with Gasteiger partial charge in [-0.25, -0.2) is 14.6 Å². The highest BCUT2D eigenvalue weighted by Gasteiger charge is 2.09. The van der Waals surface area contributed by atoms with Crippen molar-refractivity contribution in [1.82, 2.24) is 15.6 Å². The predicted molar refractivity (Wildman–Crippen MR) is 81.2 cm³/mol. The Morgan fingerprint density at radius 3 is 2.83 bits per heavy atom. The molecule has 0 saturated carbocycles. The number of urea groups is 1. The summed E-state index contributed by atoms with van der Waals surface area (Å²) in [6, 6.07) is 6.52. The molecule has 2 N–H and O–H groups in total. The van der Waals surface area contributed by atoms with Gasteiger partial charge in [0.1, 0.15) is 5.52 Å². The molecule has 0 bridgehead atoms. The van der Waals surface area contributed by atoms with Gasteiger partial charge in [-0.3, -0.25) is 10.1 Å². The highest BCUT2D eigenvalue weighted by molar-refractivity contribution is 5.96. The summed E-state index contributed by atoms with van der Waals surface area (Å²) in [5.74, 6) is -1.23. The third-order valence-electron chi connectivity index (χ3n) is 2.61. The van der Waals surface area contributed by atoms with E-state index in [2.05, 4.69) is 10.3 Å². The molecule has 0 spiro atoms. The Bertz CT molecular complexity index is 717. The number of carbonyl (C=O) groups excluding carboxylic acids is 3. The van der Waals surface area contributed by atoms with Crippen molar-refractivity contribution in [3.8, 4) is 0 Å². The molecule has 0 atom stereocenters. The number of imide groups is 1. The van der Waals surface area contributed by atoms with Gasteiger partial charge in [0.15, 0.2) is 12.2 Å². The van der Waals surface area contributed by atoms with Gasteiger partial charge in [-0.1, -0.05) is 12.1 Å². The van der Waals surface area contributed by atoms with Gasteiger partial charge < -0.3 is 14.5 Å². The maximum atomic E-state index is 11.5. The quantitative estimate of drug-likeness (QED) is 0.634. The second-order valence-corrected chi connectivity index (χ2v) is 4.37. The zero-order chi connectivity index (χ0) is 16.7. The van der Waals surface area contributed by atoms with Crippen LogP contribution < -0.4 is 10.6 Å². The van der Waals surface area contributed by atoms with Crippen LogP contribution in [0.25, 0.3) is 17.2 Å². The van der Waals surface area contributed by atoms with E-state index in [1.165, 1.54) is 6.08 Å². The van der Waals surface area contributed by atoms with E-state index in [0.717, 1.165) is 6.08 Å². The fourth-order valence-corrected chi connectivity index (χ4v) is 1.65. The lowest BCUT2D eigenvalue weighted by Crippen LogP contribution is -2.41. The zero-order valence-electron chi connectivity index (χ0n) is 12.4. The maximum absolute atomic E-state index is 11.5. The number of ether oxygens (including phenoxy) is 1. The number of hydrogen-bond acceptors (Lipinski definition) is 6. The maximum Gasteiger partial charge on any atom is 0.331 e. The highest BCUT2D eigenvalue weighted by atomic mass is 16.5. The fraction of sp³-hybridized carbons (Fsp3) is 0.200. The first-order chi connectivity index (χ1) is 11.1. The first-order valence-electron chi connectivity index (χ1n) is 6.86. The third-order valence-corrected chi connectivity index (χ3v) is 2.61. The fourth-order valence-electron chi connectivity index (χ4n) is 1.65. The molecule has 0 aliphatic rings. The molecule has 0 aliphatic carbocycles. The van der Waals surface area contributed by atoms with Crippen molar-refractivity contribution in [2.45, 2.75) is 6.92 Å². The van der Waals surface area contributed by atoms with Gasteiger partial charge in [0.05, 0.1) is 0 Å². The topological polar surface area (TPSA) is 111 Å². The summed E-state index contributed by atoms with van der Waals surface area (Å²) in [6.45, 7) is 1.53. The smallest absolute Gasteiger partial charge is 0.331 e. The second-order valence-electron chi connectivity index (χ2n) is 4.37. The molecule has 120 valence electrons. The van der Waals surface area contributed by atoms with Crippen molar-refractivity contribution < 1.29 is 23.5 Å². The number of esters is 1. The molecule has 2 aromatic rings. The van der Waals surface area contributed by atoms with Crippen molar-refractivity contribution in [2.24, 2.45) is 0 Å². The number of carbonyl (C=O) groups is 3. The van der Waals surface area contributed by atoms with Crippen LogP contribution in [0.5, 0.6) is 0 Å². The summed E-state index contributed by atoms with van der Waals surface area (Å²) in [4.78, 5) is 38.0. The van der Waals surface area contributed by atoms with E-state index >= 15 is 0 Å². The number of fused-ring (bicyclic) bond motifs is 1. The van der Waals surface area contributed by atoms with Crippen LogP contribution in [0.15, 0.2) is 34.8 Å². The summed E-state index contributed by atoms with van der Waals surface area (Å²) in [7, 11) is 0. The number of nitrogens with zero attached hydrogens (tertiary/aromatic N) is 1. The van der Waals surface area contributed by atoms with Crippen LogP contribution >= 0.6 is 0 Å². The van der Waals surface area contributed by atoms with Crippen molar-refractivity contribution in [3.05, 3.63) is 36.2 Å². The molecule has 0 aliphatic heterocycles. The Morgan fingerprint density at radius 1 is 1.30 bits per heavy atom. The van der Waals surface area contributed by atoms with Gasteiger partial charge >= 0.3 is 12.0 Å². The van der Waals surface area contributed by atoms with E-state index in [4.69, 9.17) is 9.15 Å². The van der Waals surface area contributed by atoms with Gasteiger partial charge in [0.2, 0.25) is 5.89 Å². The molecule has 1 aromatic carbocycles. The molecular formula is C15H15N3O5. The van der Waals surface area contributed by atoms with Crippen LogP contribution in [0.3, 0.4) is 0 Å². The molecule has 0 radical (unpaired) electrons. The summed E-state index contributed by atoms with van der Waals surface area (Å²) < 4.78 is 10.1. The van der Waals surface area contributed by atoms with Crippen LogP contribution in [0.1, 0.15) is 12.8 Å². The highest BCUT2D eigenvalue weighted by Crippen LogP contribution is 2.15. The van der Waals surface area contributed by atoms with E-state index in [1.807, 2.05) is 17.4 Å². The van der Waals surface area contributed by atoms with Crippen molar-refractivity contribution in [1.29, 1.82) is 0 Å². The number of hydrogen-bond donors (Lipinski definition) is 2. The van der Waals surface area contributed by atoms with Crippen LogP contribution in [0.4, 0.5) is 4.79 Å². The molecule has 0 fully saturated rings. The van der Waals surface area contributed by atoms with Crippen LogP contribution in [0, 0.1) is 0 Å². The molecule has 3 amide bonds. The van der Waals surface area contributed by atoms with Crippen molar-refractivity contribution >= 4 is 35.1 Å². The van der Waals surface area contributed by atoms with Gasteiger partial charge in [-0.2, -0.15) is 0 Å². The zero-order valence-corrected chi connectivity index (χ0v) is 12.4. The van der Waals surface area contributed by atoms with E-state index in [0.29, 0.717) is 17.6 Å². The lowest BCUT2D eigenvalue weighted by molar-refractivity contribution is -0.143. The number of aromatic nitrogens is 1. The Labute approximate surface area is 131 Å². The minimum absolute atomic E-state index is 0.245. The van der Waals surface area contributed by atoms with Gasteiger partial charge in [0, 0.05) is 18.7 Å². The Kier molecular flexibility index (Phi) is 5.45. The Balaban J connectivity index is 1.82. The van der Waals surface area contributed by atoms with Gasteiger partial charge in [-0.05, 0) is 19.1 Å². The monoisotopic (exact) mass is 317 g/mol. The summed E-state index contributed by atoms with van der Waals surface area (Å²) in [5, 5.41) is 4.38. The number of oxazole rings is 1. The molecule has 2 rings (SSSR count). The number of amides is 3. The molecular weight excluding hydrogens is 302 g/mol. The SMILES string of the molecule is CCNC(=O)NC(=O)COC(=O)/C=C/c1nc2ccccc2o1. The third kappa shape index (κ3) is 4.95. The van der Waals surface area contributed by atoms with Crippen LogP contribution in [-0.4, -0.2) is 36.0 Å². The average molecular weight is 317 g/mol. The summed E-state index contributed by atoms with van der Waals surface area (Å²) >= 11 is 0. The van der Waals surface area contributed by atoms with E-state index in [-0.39, 0.29) is 5.89 Å². The van der Waals surface area contributed by atoms with Crippen LogP contribution in [0.2, 0.25) is 0 Å². The normalized spacial score (nSPS) is 10.7. The molecule has 1 aromatic heterocycles. The predicted octanol–water partition coefficient (Wildman–Crippen LogP) is 1.23. The minimum atomic E-state index is -0.752. The second kappa shape index (κ2) is 7.74. The molecule has 8 heteroatoms. The number of para-hydroxylation sites is 2. The van der Waals surface area contributed by atoms with Crippen molar-refractivity contribution in [3.63, 3.8) is 0 Å². The molecule has 23 heavy (non-hydrogen) atoms. The summed E-state index contributed by atoms with van der Waals surface area (Å²) in [5.41, 5.74) is 1.27. The number of nitrogens with one attached hydrogen (secondary N) is 2. The molecule has 0 unspecified atom stereocenters. The van der Waals surface area contributed by atoms with Gasteiger partial charge in [0.25, 0.3) is 5.91 Å². The molecule has 1 heterocycles. The van der Waals surface area contributed by atoms with E-state index < -0.39 is 24.5 Å². The van der Waals surface area contributed by atoms with E-state index in [1.54, 1.807) is 19.1 Å². The lowest BCUT2D eigenvalue weighted by Gasteiger charge is -2.04. The first kappa shape index (κ1) is 16.2. The molecule has 8 nitrogen and oxygen atoms in total. The van der Waals surface area contributed by atoms with Crippen molar-refractivity contribution in [2.75, 3.05) is 13.2 Å². The number of benzene rings is 1. The minimum Gasteiger partial charge on any atom is -0.452 e. The summed E-state index contributed by atoms with van der Waals surface area (Å²) in [6.07, 6.45) is 2.42. The lowest BCUT2D eigenvalue weighted by atomic mass is 10.3. The first-order valence-corrected chi connectivity index (χ1v) is 6.86. The van der Waals surface area contributed by atoms with E-state index in [9.17, 15) is 14.4 Å². The standard InChI is InChI=1S/C15H15N3O5/c1-2-16-15(21)18-12(19)9-22-14(20)8-7-13-17-10-5-3-4-6-11(10)23-13/h3-8H,2,9H2,1H3,(H2,16,18,19,21)/b8-7+. The number of rotatable bonds is 5. The Morgan fingerprint density at radius 2 is 2.09 bits per heavy atom. The van der Waals surface area contributed by atoms with Gasteiger partial charge in [-0.15, -0.1) is 0 Å². The molecule has 0 saturated heterocycles.